The summed E-state index contributed by atoms with van der Waals surface area (Å²) in [5.74, 6) is -0.355. The number of benzene rings is 1. The van der Waals surface area contributed by atoms with Crippen molar-refractivity contribution in [1.82, 2.24) is 4.57 Å². The second kappa shape index (κ2) is 4.30. The molecule has 2 aromatic rings. The van der Waals surface area contributed by atoms with E-state index in [1.807, 2.05) is 18.5 Å². The van der Waals surface area contributed by atoms with E-state index >= 15 is 0 Å². The van der Waals surface area contributed by atoms with E-state index in [4.69, 9.17) is 5.73 Å². The molecule has 0 saturated heterocycles. The molecular weight excluding hydrogens is 219 g/mol. The highest BCUT2D eigenvalue weighted by molar-refractivity contribution is 6.09. The average molecular weight is 234 g/mol. The predicted octanol–water partition coefficient (Wildman–Crippen LogP) is 2.16. The molecule has 0 amide bonds. The number of halogens is 1. The Morgan fingerprint density at radius 3 is 2.82 bits per heavy atom. The summed E-state index contributed by atoms with van der Waals surface area (Å²) in [6.45, 7) is 2.17. The second-order valence-electron chi connectivity index (χ2n) is 4.14. The van der Waals surface area contributed by atoms with Crippen molar-refractivity contribution in [2.24, 2.45) is 12.8 Å². The van der Waals surface area contributed by atoms with E-state index < -0.39 is 0 Å². The molecule has 0 saturated carbocycles. The van der Waals surface area contributed by atoms with Crippen LogP contribution in [0.15, 0.2) is 18.2 Å². The molecule has 0 spiro atoms. The van der Waals surface area contributed by atoms with E-state index in [-0.39, 0.29) is 18.0 Å². The minimum atomic E-state index is -0.329. The fourth-order valence-electron chi connectivity index (χ4n) is 2.15. The second-order valence-corrected chi connectivity index (χ2v) is 4.14. The van der Waals surface area contributed by atoms with Gasteiger partial charge in [-0.2, -0.15) is 0 Å². The van der Waals surface area contributed by atoms with Crippen molar-refractivity contribution in [2.75, 3.05) is 6.54 Å². The number of rotatable bonds is 3. The summed E-state index contributed by atoms with van der Waals surface area (Å²) >= 11 is 0. The Hall–Kier alpha value is -1.68. The Bertz CT molecular complexity index is 587. The lowest BCUT2D eigenvalue weighted by Gasteiger charge is -2.00. The third kappa shape index (κ3) is 1.85. The van der Waals surface area contributed by atoms with Crippen LogP contribution in [0.3, 0.4) is 0 Å². The van der Waals surface area contributed by atoms with Gasteiger partial charge in [-0.3, -0.25) is 4.79 Å². The number of hydrogen-bond acceptors (Lipinski definition) is 2. The molecule has 2 rings (SSSR count). The van der Waals surface area contributed by atoms with Gasteiger partial charge in [0.2, 0.25) is 0 Å². The first kappa shape index (κ1) is 11.8. The summed E-state index contributed by atoms with van der Waals surface area (Å²) in [4.78, 5) is 12.0. The highest BCUT2D eigenvalue weighted by atomic mass is 19.1. The first-order valence-electron chi connectivity index (χ1n) is 5.54. The molecule has 0 unspecified atom stereocenters. The van der Waals surface area contributed by atoms with Gasteiger partial charge in [-0.05, 0) is 31.7 Å². The van der Waals surface area contributed by atoms with Gasteiger partial charge in [0.15, 0.2) is 5.78 Å². The topological polar surface area (TPSA) is 48.0 Å². The minimum Gasteiger partial charge on any atom is -0.347 e. The van der Waals surface area contributed by atoms with Crippen LogP contribution in [-0.4, -0.2) is 16.9 Å². The summed E-state index contributed by atoms with van der Waals surface area (Å²) in [6.07, 6.45) is 0.288. The van der Waals surface area contributed by atoms with Gasteiger partial charge in [0.05, 0.1) is 0 Å². The number of carbonyl (C=O) groups is 1. The molecule has 4 heteroatoms. The van der Waals surface area contributed by atoms with E-state index in [0.29, 0.717) is 17.5 Å². The van der Waals surface area contributed by atoms with Crippen LogP contribution in [0.5, 0.6) is 0 Å². The molecule has 0 aliphatic heterocycles. The van der Waals surface area contributed by atoms with E-state index in [0.717, 1.165) is 11.2 Å². The smallest absolute Gasteiger partial charge is 0.166 e. The first-order chi connectivity index (χ1) is 8.06. The number of hydrogen-bond donors (Lipinski definition) is 1. The molecule has 0 aliphatic carbocycles. The van der Waals surface area contributed by atoms with Crippen LogP contribution in [0.4, 0.5) is 4.39 Å². The fraction of sp³-hybridized carbons (Fsp3) is 0.308. The number of nitrogens with zero attached hydrogens (tertiary/aromatic N) is 1. The SMILES string of the molecule is Cc1c(C(=O)CCN)c2cc(F)ccc2n1C. The normalized spacial score (nSPS) is 11.1. The van der Waals surface area contributed by atoms with Crippen molar-refractivity contribution in [3.63, 3.8) is 0 Å². The summed E-state index contributed by atoms with van der Waals surface area (Å²) in [5.41, 5.74) is 7.70. The number of aryl methyl sites for hydroxylation is 1. The van der Waals surface area contributed by atoms with E-state index in [2.05, 4.69) is 0 Å². The van der Waals surface area contributed by atoms with Crippen molar-refractivity contribution in [3.8, 4) is 0 Å². The molecule has 3 nitrogen and oxygen atoms in total. The van der Waals surface area contributed by atoms with Crippen LogP contribution in [0.25, 0.3) is 10.9 Å². The van der Waals surface area contributed by atoms with E-state index in [1.165, 1.54) is 12.1 Å². The Kier molecular flexibility index (Phi) is 2.98. The van der Waals surface area contributed by atoms with Crippen molar-refractivity contribution in [1.29, 1.82) is 0 Å². The molecular formula is C13H15FN2O. The van der Waals surface area contributed by atoms with E-state index in [1.54, 1.807) is 6.07 Å². The van der Waals surface area contributed by atoms with Crippen LogP contribution in [0.2, 0.25) is 0 Å². The highest BCUT2D eigenvalue weighted by Gasteiger charge is 2.18. The molecule has 17 heavy (non-hydrogen) atoms. The monoisotopic (exact) mass is 234 g/mol. The Morgan fingerprint density at radius 2 is 2.18 bits per heavy atom. The van der Waals surface area contributed by atoms with Crippen LogP contribution < -0.4 is 5.73 Å². The fourth-order valence-corrected chi connectivity index (χ4v) is 2.15. The van der Waals surface area contributed by atoms with Gasteiger partial charge in [0.1, 0.15) is 5.82 Å². The van der Waals surface area contributed by atoms with Gasteiger partial charge in [0, 0.05) is 35.6 Å². The zero-order chi connectivity index (χ0) is 12.6. The summed E-state index contributed by atoms with van der Waals surface area (Å²) < 4.78 is 15.2. The van der Waals surface area contributed by atoms with Crippen LogP contribution in [0, 0.1) is 12.7 Å². The van der Waals surface area contributed by atoms with Crippen LogP contribution >= 0.6 is 0 Å². The number of carbonyl (C=O) groups excluding carboxylic acids is 1. The molecule has 0 atom stereocenters. The molecule has 90 valence electrons. The van der Waals surface area contributed by atoms with E-state index in [9.17, 15) is 9.18 Å². The maximum atomic E-state index is 13.3. The molecule has 0 radical (unpaired) electrons. The number of Topliss-reactive ketones (excluding diaryl/α,β-unsaturated/α-hetero) is 1. The largest absolute Gasteiger partial charge is 0.347 e. The highest BCUT2D eigenvalue weighted by Crippen LogP contribution is 2.26. The van der Waals surface area contributed by atoms with Crippen molar-refractivity contribution in [3.05, 3.63) is 35.3 Å². The summed E-state index contributed by atoms with van der Waals surface area (Å²) in [6, 6.07) is 4.50. The van der Waals surface area contributed by atoms with Crippen molar-refractivity contribution in [2.45, 2.75) is 13.3 Å². The summed E-state index contributed by atoms with van der Waals surface area (Å²) in [5, 5.41) is 0.670. The van der Waals surface area contributed by atoms with Gasteiger partial charge in [-0.25, -0.2) is 4.39 Å². The number of ketones is 1. The van der Waals surface area contributed by atoms with Crippen molar-refractivity contribution < 1.29 is 9.18 Å². The molecule has 1 heterocycles. The minimum absolute atomic E-state index is 0.0267. The lowest BCUT2D eigenvalue weighted by atomic mass is 10.0. The number of nitrogens with two attached hydrogens (primary N) is 1. The lowest BCUT2D eigenvalue weighted by molar-refractivity contribution is 0.0986. The van der Waals surface area contributed by atoms with Gasteiger partial charge in [-0.15, -0.1) is 0 Å². The zero-order valence-corrected chi connectivity index (χ0v) is 9.96. The zero-order valence-electron chi connectivity index (χ0n) is 9.96. The summed E-state index contributed by atoms with van der Waals surface area (Å²) in [7, 11) is 1.87. The maximum Gasteiger partial charge on any atom is 0.166 e. The molecule has 2 N–H and O–H groups in total. The average Bonchev–Trinajstić information content (AvgIpc) is 2.51. The Balaban J connectivity index is 2.72. The molecule has 0 aliphatic rings. The molecule has 0 fully saturated rings. The quantitative estimate of drug-likeness (QED) is 0.827. The van der Waals surface area contributed by atoms with Crippen molar-refractivity contribution >= 4 is 16.7 Å². The van der Waals surface area contributed by atoms with Gasteiger partial charge < -0.3 is 10.3 Å². The molecule has 1 aromatic carbocycles. The third-order valence-electron chi connectivity index (χ3n) is 3.10. The van der Waals surface area contributed by atoms with Gasteiger partial charge >= 0.3 is 0 Å². The van der Waals surface area contributed by atoms with Crippen LogP contribution in [-0.2, 0) is 7.05 Å². The molecule has 0 bridgehead atoms. The van der Waals surface area contributed by atoms with Gasteiger partial charge in [-0.1, -0.05) is 0 Å². The number of fused-ring (bicyclic) bond motifs is 1. The maximum absolute atomic E-state index is 13.3. The Morgan fingerprint density at radius 1 is 1.47 bits per heavy atom. The third-order valence-corrected chi connectivity index (χ3v) is 3.10. The molecule has 1 aromatic heterocycles. The van der Waals surface area contributed by atoms with Crippen LogP contribution in [0.1, 0.15) is 22.5 Å². The predicted molar refractivity (Wildman–Crippen MR) is 65.6 cm³/mol. The Labute approximate surface area is 99.0 Å². The van der Waals surface area contributed by atoms with Gasteiger partial charge in [0.25, 0.3) is 0 Å². The standard InChI is InChI=1S/C13H15FN2O/c1-8-13(12(17)5-6-15)10-7-9(14)3-4-11(10)16(8)2/h3-4,7H,5-6,15H2,1-2H3. The number of aromatic nitrogens is 1. The first-order valence-corrected chi connectivity index (χ1v) is 5.54. The lowest BCUT2D eigenvalue weighted by Crippen LogP contribution is -2.09.